The van der Waals surface area contributed by atoms with Crippen molar-refractivity contribution in [2.24, 2.45) is 5.73 Å². The van der Waals surface area contributed by atoms with Crippen LogP contribution in [0.1, 0.15) is 11.3 Å². The summed E-state index contributed by atoms with van der Waals surface area (Å²) in [5.41, 5.74) is 7.36. The molecule has 0 saturated carbocycles. The van der Waals surface area contributed by atoms with Gasteiger partial charge in [0.2, 0.25) is 0 Å². The van der Waals surface area contributed by atoms with Gasteiger partial charge in [0.25, 0.3) is 0 Å². The zero-order chi connectivity index (χ0) is 10.1. The van der Waals surface area contributed by atoms with E-state index in [1.54, 1.807) is 6.20 Å². The van der Waals surface area contributed by atoms with Crippen LogP contribution in [0.2, 0.25) is 0 Å². The number of aromatic nitrogens is 1. The van der Waals surface area contributed by atoms with Crippen molar-refractivity contribution in [3.05, 3.63) is 36.0 Å². The summed E-state index contributed by atoms with van der Waals surface area (Å²) < 4.78 is 0. The Bertz CT molecular complexity index is 441. The lowest BCUT2D eigenvalue weighted by atomic mass is 10.2. The van der Waals surface area contributed by atoms with Crippen LogP contribution in [0.4, 0.5) is 0 Å². The minimum atomic E-state index is -2.13. The standard InChI is InChI=1S/C9H11N2O2P/c10-9(14(12)13)7-5-11-8-4-2-1-3-6(7)8/h1-5,9,11-13H,10H2. The van der Waals surface area contributed by atoms with Gasteiger partial charge in [-0.1, -0.05) is 18.2 Å². The molecule has 0 radical (unpaired) electrons. The molecule has 4 nitrogen and oxygen atoms in total. The summed E-state index contributed by atoms with van der Waals surface area (Å²) in [4.78, 5) is 21.1. The van der Waals surface area contributed by atoms with E-state index in [0.29, 0.717) is 0 Å². The highest BCUT2D eigenvalue weighted by atomic mass is 31.2. The number of H-pyrrole nitrogens is 1. The van der Waals surface area contributed by atoms with E-state index in [-0.39, 0.29) is 0 Å². The summed E-state index contributed by atoms with van der Waals surface area (Å²) in [6.45, 7) is 0. The summed E-state index contributed by atoms with van der Waals surface area (Å²) in [5.74, 6) is -0.707. The molecule has 2 rings (SSSR count). The van der Waals surface area contributed by atoms with Gasteiger partial charge in [-0.05, 0) is 6.07 Å². The maximum atomic E-state index is 9.03. The molecule has 0 aliphatic heterocycles. The first-order valence-electron chi connectivity index (χ1n) is 4.18. The lowest BCUT2D eigenvalue weighted by Gasteiger charge is -2.11. The molecule has 74 valence electrons. The third-order valence-corrected chi connectivity index (χ3v) is 2.96. The van der Waals surface area contributed by atoms with Gasteiger partial charge in [0.1, 0.15) is 5.78 Å². The van der Waals surface area contributed by atoms with Crippen LogP contribution in [0.3, 0.4) is 0 Å². The predicted molar refractivity (Wildman–Crippen MR) is 56.6 cm³/mol. The Hall–Kier alpha value is -0.930. The van der Waals surface area contributed by atoms with Crippen molar-refractivity contribution >= 4 is 19.3 Å². The number of hydrogen-bond acceptors (Lipinski definition) is 3. The Morgan fingerprint density at radius 3 is 2.71 bits per heavy atom. The average molecular weight is 210 g/mol. The molecule has 1 unspecified atom stereocenters. The van der Waals surface area contributed by atoms with Crippen LogP contribution in [-0.4, -0.2) is 14.8 Å². The molecular weight excluding hydrogens is 199 g/mol. The Kier molecular flexibility index (Phi) is 2.52. The van der Waals surface area contributed by atoms with Gasteiger partial charge < -0.3 is 20.5 Å². The van der Waals surface area contributed by atoms with Crippen molar-refractivity contribution in [1.82, 2.24) is 4.98 Å². The molecule has 2 aromatic rings. The van der Waals surface area contributed by atoms with Gasteiger partial charge in [-0.25, -0.2) is 0 Å². The van der Waals surface area contributed by atoms with E-state index in [2.05, 4.69) is 4.98 Å². The molecule has 5 N–H and O–H groups in total. The molecule has 0 fully saturated rings. The minimum absolute atomic E-state index is 0.707. The first-order chi connectivity index (χ1) is 6.70. The number of hydrogen-bond donors (Lipinski definition) is 4. The first kappa shape index (κ1) is 9.62. The van der Waals surface area contributed by atoms with Gasteiger partial charge in [-0.3, -0.25) is 0 Å². The predicted octanol–water partition coefficient (Wildman–Crippen LogP) is 1.42. The molecule has 0 aliphatic rings. The van der Waals surface area contributed by atoms with Crippen molar-refractivity contribution in [3.63, 3.8) is 0 Å². The highest BCUT2D eigenvalue weighted by Crippen LogP contribution is 2.41. The smallest absolute Gasteiger partial charge is 0.188 e. The fraction of sp³-hybridized carbons (Fsp3) is 0.111. The van der Waals surface area contributed by atoms with Crippen molar-refractivity contribution in [2.75, 3.05) is 0 Å². The fourth-order valence-electron chi connectivity index (χ4n) is 1.46. The molecule has 0 saturated heterocycles. The summed E-state index contributed by atoms with van der Waals surface area (Å²) >= 11 is 0. The summed E-state index contributed by atoms with van der Waals surface area (Å²) in [5, 5.41) is 0.940. The number of aromatic amines is 1. The number of nitrogens with one attached hydrogen (secondary N) is 1. The van der Waals surface area contributed by atoms with E-state index in [1.165, 1.54) is 0 Å². The van der Waals surface area contributed by atoms with Gasteiger partial charge in [0, 0.05) is 22.7 Å². The SMILES string of the molecule is NC(c1c[nH]c2ccccc12)P(O)O. The number of benzene rings is 1. The molecule has 5 heteroatoms. The lowest BCUT2D eigenvalue weighted by molar-refractivity contribution is 0.468. The van der Waals surface area contributed by atoms with Gasteiger partial charge in [-0.15, -0.1) is 0 Å². The second-order valence-corrected chi connectivity index (χ2v) is 4.25. The number of para-hydroxylation sites is 1. The lowest BCUT2D eigenvalue weighted by Crippen LogP contribution is -2.06. The van der Waals surface area contributed by atoms with Gasteiger partial charge in [-0.2, -0.15) is 0 Å². The van der Waals surface area contributed by atoms with Crippen molar-refractivity contribution in [1.29, 1.82) is 0 Å². The molecular formula is C9H11N2O2P. The van der Waals surface area contributed by atoms with E-state index >= 15 is 0 Å². The highest BCUT2D eigenvalue weighted by Gasteiger charge is 2.18. The largest absolute Gasteiger partial charge is 0.361 e. The zero-order valence-electron chi connectivity index (χ0n) is 7.38. The molecule has 0 bridgehead atoms. The summed E-state index contributed by atoms with van der Waals surface area (Å²) in [6.07, 6.45) is 1.72. The maximum absolute atomic E-state index is 9.03. The first-order valence-corrected chi connectivity index (χ1v) is 5.50. The molecule has 1 aromatic heterocycles. The molecule has 1 atom stereocenters. The third-order valence-electron chi connectivity index (χ3n) is 2.19. The monoisotopic (exact) mass is 210 g/mol. The van der Waals surface area contributed by atoms with Crippen molar-refractivity contribution < 1.29 is 9.79 Å². The van der Waals surface area contributed by atoms with Crippen molar-refractivity contribution in [3.8, 4) is 0 Å². The minimum Gasteiger partial charge on any atom is -0.361 e. The highest BCUT2D eigenvalue weighted by molar-refractivity contribution is 7.45. The van der Waals surface area contributed by atoms with Gasteiger partial charge in [0.15, 0.2) is 8.38 Å². The van der Waals surface area contributed by atoms with E-state index < -0.39 is 14.2 Å². The molecule has 0 spiro atoms. The number of fused-ring (bicyclic) bond motifs is 1. The van der Waals surface area contributed by atoms with E-state index in [0.717, 1.165) is 16.5 Å². The maximum Gasteiger partial charge on any atom is 0.188 e. The van der Waals surface area contributed by atoms with E-state index in [9.17, 15) is 0 Å². The topological polar surface area (TPSA) is 82.3 Å². The summed E-state index contributed by atoms with van der Waals surface area (Å²) in [6, 6.07) is 7.63. The Morgan fingerprint density at radius 1 is 1.29 bits per heavy atom. The Morgan fingerprint density at radius 2 is 2.00 bits per heavy atom. The van der Waals surface area contributed by atoms with Crippen LogP contribution >= 0.6 is 8.38 Å². The zero-order valence-corrected chi connectivity index (χ0v) is 8.28. The number of rotatable bonds is 2. The van der Waals surface area contributed by atoms with Crippen molar-refractivity contribution in [2.45, 2.75) is 5.78 Å². The second kappa shape index (κ2) is 3.67. The van der Waals surface area contributed by atoms with Gasteiger partial charge >= 0.3 is 0 Å². The van der Waals surface area contributed by atoms with E-state index in [4.69, 9.17) is 15.5 Å². The van der Waals surface area contributed by atoms with Crippen LogP contribution in [-0.2, 0) is 0 Å². The normalized spacial score (nSPS) is 13.7. The second-order valence-electron chi connectivity index (χ2n) is 3.05. The van der Waals surface area contributed by atoms with Crippen LogP contribution in [0.25, 0.3) is 10.9 Å². The number of nitrogens with two attached hydrogens (primary N) is 1. The molecule has 1 heterocycles. The van der Waals surface area contributed by atoms with E-state index in [1.807, 2.05) is 24.3 Å². The van der Waals surface area contributed by atoms with Crippen LogP contribution in [0, 0.1) is 0 Å². The molecule has 14 heavy (non-hydrogen) atoms. The Balaban J connectivity index is 2.53. The molecule has 1 aromatic carbocycles. The summed E-state index contributed by atoms with van der Waals surface area (Å²) in [7, 11) is -2.13. The molecule has 0 aliphatic carbocycles. The average Bonchev–Trinajstić information content (AvgIpc) is 2.60. The van der Waals surface area contributed by atoms with Gasteiger partial charge in [0.05, 0.1) is 0 Å². The fourth-order valence-corrected chi connectivity index (χ4v) is 1.93. The van der Waals surface area contributed by atoms with Crippen LogP contribution in [0.5, 0.6) is 0 Å². The van der Waals surface area contributed by atoms with Crippen LogP contribution < -0.4 is 5.73 Å². The Labute approximate surface area is 82.3 Å². The quantitative estimate of drug-likeness (QED) is 0.566. The third kappa shape index (κ3) is 1.53. The van der Waals surface area contributed by atoms with Crippen LogP contribution in [0.15, 0.2) is 30.5 Å². The molecule has 0 amide bonds.